The number of carbonyl (C=O) groups excluding carboxylic acids is 2. The van der Waals surface area contributed by atoms with Gasteiger partial charge in [-0.2, -0.15) is 5.10 Å². The van der Waals surface area contributed by atoms with E-state index in [4.69, 9.17) is 5.10 Å². The second-order valence-corrected chi connectivity index (χ2v) is 8.05. The summed E-state index contributed by atoms with van der Waals surface area (Å²) < 4.78 is 1.89. The van der Waals surface area contributed by atoms with E-state index in [0.29, 0.717) is 37.7 Å². The fourth-order valence-corrected chi connectivity index (χ4v) is 3.76. The number of carbonyl (C=O) groups is 2. The number of nitrogens with zero attached hydrogens (tertiary/aromatic N) is 4. The summed E-state index contributed by atoms with van der Waals surface area (Å²) in [5.41, 5.74) is 4.58. The number of hydrogen-bond acceptors (Lipinski definition) is 3. The lowest BCUT2D eigenvalue weighted by Crippen LogP contribution is -2.50. The molecule has 28 heavy (non-hydrogen) atoms. The molecule has 0 aliphatic carbocycles. The van der Waals surface area contributed by atoms with Gasteiger partial charge in [-0.25, -0.2) is 4.68 Å². The van der Waals surface area contributed by atoms with Crippen LogP contribution in [0.4, 0.5) is 0 Å². The van der Waals surface area contributed by atoms with E-state index in [1.54, 1.807) is 11.8 Å². The van der Waals surface area contributed by atoms with Crippen molar-refractivity contribution in [2.45, 2.75) is 41.0 Å². The Hall–Kier alpha value is -2.63. The second-order valence-electron chi connectivity index (χ2n) is 8.05. The zero-order valence-electron chi connectivity index (χ0n) is 17.5. The third-order valence-electron chi connectivity index (χ3n) is 5.26. The van der Waals surface area contributed by atoms with Crippen molar-refractivity contribution in [1.82, 2.24) is 19.6 Å². The molecule has 2 heterocycles. The normalized spacial score (nSPS) is 14.6. The fraction of sp³-hybridized carbons (Fsp3) is 0.500. The molecule has 1 aromatic carbocycles. The van der Waals surface area contributed by atoms with E-state index < -0.39 is 0 Å². The molecule has 0 saturated carbocycles. The standard InChI is InChI=1S/C22H30N4O2/c1-15(2)13-20-21(22(28)25-11-9-24(10-12-25)18(5)27)17(4)26(23-20)19-8-6-7-16(3)14-19/h6-8,14-15H,9-13H2,1-5H3. The van der Waals surface area contributed by atoms with Crippen LogP contribution in [0.3, 0.4) is 0 Å². The largest absolute Gasteiger partial charge is 0.339 e. The molecule has 1 fully saturated rings. The smallest absolute Gasteiger partial charge is 0.257 e. The van der Waals surface area contributed by atoms with Gasteiger partial charge in [0.15, 0.2) is 0 Å². The molecule has 0 radical (unpaired) electrons. The molecule has 0 unspecified atom stereocenters. The Labute approximate surface area is 167 Å². The predicted molar refractivity (Wildman–Crippen MR) is 110 cm³/mol. The third kappa shape index (κ3) is 4.11. The maximum absolute atomic E-state index is 13.4. The van der Waals surface area contributed by atoms with Crippen LogP contribution in [0.25, 0.3) is 5.69 Å². The molecular weight excluding hydrogens is 352 g/mol. The highest BCUT2D eigenvalue weighted by molar-refractivity contribution is 5.97. The number of amides is 2. The molecular formula is C22H30N4O2. The number of rotatable bonds is 4. The molecule has 0 atom stereocenters. The van der Waals surface area contributed by atoms with Crippen LogP contribution in [0, 0.1) is 19.8 Å². The first-order chi connectivity index (χ1) is 13.3. The molecule has 1 aliphatic rings. The predicted octanol–water partition coefficient (Wildman–Crippen LogP) is 2.99. The van der Waals surface area contributed by atoms with Crippen molar-refractivity contribution in [1.29, 1.82) is 0 Å². The van der Waals surface area contributed by atoms with Gasteiger partial charge in [0.25, 0.3) is 5.91 Å². The van der Waals surface area contributed by atoms with Crippen LogP contribution in [-0.4, -0.2) is 57.6 Å². The van der Waals surface area contributed by atoms with Crippen LogP contribution in [0.1, 0.15) is 48.1 Å². The van der Waals surface area contributed by atoms with E-state index in [1.165, 1.54) is 0 Å². The van der Waals surface area contributed by atoms with Gasteiger partial charge in [-0.05, 0) is 43.9 Å². The number of benzene rings is 1. The molecule has 1 saturated heterocycles. The Morgan fingerprint density at radius 2 is 1.71 bits per heavy atom. The van der Waals surface area contributed by atoms with Gasteiger partial charge in [0.2, 0.25) is 5.91 Å². The first kappa shape index (κ1) is 20.1. The highest BCUT2D eigenvalue weighted by Crippen LogP contribution is 2.23. The molecule has 0 bridgehead atoms. The van der Waals surface area contributed by atoms with Crippen LogP contribution >= 0.6 is 0 Å². The fourth-order valence-electron chi connectivity index (χ4n) is 3.76. The highest BCUT2D eigenvalue weighted by Gasteiger charge is 2.29. The molecule has 0 spiro atoms. The maximum atomic E-state index is 13.4. The maximum Gasteiger partial charge on any atom is 0.257 e. The zero-order valence-corrected chi connectivity index (χ0v) is 17.5. The van der Waals surface area contributed by atoms with Gasteiger partial charge in [-0.1, -0.05) is 26.0 Å². The van der Waals surface area contributed by atoms with Gasteiger partial charge in [-0.3, -0.25) is 9.59 Å². The van der Waals surface area contributed by atoms with Crippen molar-refractivity contribution >= 4 is 11.8 Å². The summed E-state index contributed by atoms with van der Waals surface area (Å²) in [4.78, 5) is 28.6. The number of piperazine rings is 1. The Morgan fingerprint density at radius 3 is 2.29 bits per heavy atom. The van der Waals surface area contributed by atoms with Crippen LogP contribution < -0.4 is 0 Å². The Bertz CT molecular complexity index is 877. The summed E-state index contributed by atoms with van der Waals surface area (Å²) in [7, 11) is 0. The summed E-state index contributed by atoms with van der Waals surface area (Å²) >= 11 is 0. The van der Waals surface area contributed by atoms with Crippen LogP contribution in [0.15, 0.2) is 24.3 Å². The van der Waals surface area contributed by atoms with Gasteiger partial charge in [0.1, 0.15) is 0 Å². The Balaban J connectivity index is 1.95. The van der Waals surface area contributed by atoms with Crippen molar-refractivity contribution in [2.75, 3.05) is 26.2 Å². The minimum Gasteiger partial charge on any atom is -0.339 e. The summed E-state index contributed by atoms with van der Waals surface area (Å²) in [5, 5.41) is 4.82. The first-order valence-electron chi connectivity index (χ1n) is 9.98. The molecule has 1 aromatic heterocycles. The molecule has 150 valence electrons. The minimum absolute atomic E-state index is 0.0234. The van der Waals surface area contributed by atoms with Gasteiger partial charge in [0, 0.05) is 33.1 Å². The van der Waals surface area contributed by atoms with E-state index in [2.05, 4.69) is 32.9 Å². The van der Waals surface area contributed by atoms with Crippen LogP contribution in [0.5, 0.6) is 0 Å². The van der Waals surface area contributed by atoms with Crippen molar-refractivity contribution < 1.29 is 9.59 Å². The second kappa shape index (κ2) is 8.17. The number of aromatic nitrogens is 2. The minimum atomic E-state index is 0.0234. The van der Waals surface area contributed by atoms with Crippen LogP contribution in [-0.2, 0) is 11.2 Å². The summed E-state index contributed by atoms with van der Waals surface area (Å²) in [6, 6.07) is 8.17. The first-order valence-corrected chi connectivity index (χ1v) is 9.98. The van der Waals surface area contributed by atoms with E-state index in [1.807, 2.05) is 28.6 Å². The van der Waals surface area contributed by atoms with E-state index >= 15 is 0 Å². The van der Waals surface area contributed by atoms with Gasteiger partial charge >= 0.3 is 0 Å². The van der Waals surface area contributed by atoms with Gasteiger partial charge in [0.05, 0.1) is 22.6 Å². The highest BCUT2D eigenvalue weighted by atomic mass is 16.2. The van der Waals surface area contributed by atoms with Gasteiger partial charge in [-0.15, -0.1) is 0 Å². The van der Waals surface area contributed by atoms with E-state index in [9.17, 15) is 9.59 Å². The van der Waals surface area contributed by atoms with E-state index in [-0.39, 0.29) is 11.8 Å². The van der Waals surface area contributed by atoms with Crippen molar-refractivity contribution in [3.63, 3.8) is 0 Å². The quantitative estimate of drug-likeness (QED) is 0.817. The van der Waals surface area contributed by atoms with Gasteiger partial charge < -0.3 is 9.80 Å². The number of aryl methyl sites for hydroxylation is 1. The SMILES string of the molecule is CC(=O)N1CCN(C(=O)c2c(CC(C)C)nn(-c3cccc(C)c3)c2C)CC1. The topological polar surface area (TPSA) is 58.4 Å². The zero-order chi connectivity index (χ0) is 20.4. The average Bonchev–Trinajstić information content (AvgIpc) is 2.96. The van der Waals surface area contributed by atoms with Crippen molar-refractivity contribution in [3.8, 4) is 5.69 Å². The molecule has 2 amide bonds. The van der Waals surface area contributed by atoms with Crippen molar-refractivity contribution in [3.05, 3.63) is 46.8 Å². The summed E-state index contributed by atoms with van der Waals surface area (Å²) in [6.07, 6.45) is 0.758. The molecule has 2 aromatic rings. The third-order valence-corrected chi connectivity index (χ3v) is 5.26. The Morgan fingerprint density at radius 1 is 1.07 bits per heavy atom. The number of hydrogen-bond donors (Lipinski definition) is 0. The molecule has 1 aliphatic heterocycles. The molecule has 0 N–H and O–H groups in total. The lowest BCUT2D eigenvalue weighted by Gasteiger charge is -2.34. The van der Waals surface area contributed by atoms with Crippen LogP contribution in [0.2, 0.25) is 0 Å². The monoisotopic (exact) mass is 382 g/mol. The average molecular weight is 383 g/mol. The van der Waals surface area contributed by atoms with E-state index in [0.717, 1.165) is 29.1 Å². The molecule has 6 nitrogen and oxygen atoms in total. The summed E-state index contributed by atoms with van der Waals surface area (Å²) in [6.45, 7) is 12.2. The lowest BCUT2D eigenvalue weighted by molar-refractivity contribution is -0.130. The Kier molecular flexibility index (Phi) is 5.87. The molecule has 6 heteroatoms. The summed E-state index contributed by atoms with van der Waals surface area (Å²) in [5.74, 6) is 0.493. The van der Waals surface area contributed by atoms with Crippen molar-refractivity contribution in [2.24, 2.45) is 5.92 Å². The lowest BCUT2D eigenvalue weighted by atomic mass is 10.0. The molecule has 3 rings (SSSR count).